The number of rotatable bonds is 7. The van der Waals surface area contributed by atoms with Crippen LogP contribution in [0.1, 0.15) is 46.6 Å². The maximum absolute atomic E-state index is 13.1. The van der Waals surface area contributed by atoms with Crippen LogP contribution in [-0.4, -0.2) is 53.3 Å². The molecule has 0 bridgehead atoms. The van der Waals surface area contributed by atoms with Gasteiger partial charge in [-0.3, -0.25) is 9.59 Å². The highest BCUT2D eigenvalue weighted by atomic mass is 16.6. The summed E-state index contributed by atoms with van der Waals surface area (Å²) in [6.07, 6.45) is -1.93. The van der Waals surface area contributed by atoms with Crippen LogP contribution in [-0.2, 0) is 30.2 Å². The van der Waals surface area contributed by atoms with Crippen molar-refractivity contribution in [3.63, 3.8) is 0 Å². The summed E-state index contributed by atoms with van der Waals surface area (Å²) in [6.45, 7) is 8.88. The summed E-state index contributed by atoms with van der Waals surface area (Å²) in [4.78, 5) is 38.6. The number of amides is 2. The van der Waals surface area contributed by atoms with E-state index in [1.165, 1.54) is 0 Å². The summed E-state index contributed by atoms with van der Waals surface area (Å²) in [5, 5.41) is 0. The molecule has 1 heterocycles. The van der Waals surface area contributed by atoms with Crippen molar-refractivity contribution in [3.05, 3.63) is 35.9 Å². The first kappa shape index (κ1) is 21.9. The van der Waals surface area contributed by atoms with Crippen LogP contribution in [0, 0.1) is 0 Å². The molecular formula is C21H29NO6. The number of carbonyl (C=O) groups excluding carboxylic acids is 3. The van der Waals surface area contributed by atoms with Crippen molar-refractivity contribution in [3.8, 4) is 0 Å². The quantitative estimate of drug-likeness (QED) is 0.664. The van der Waals surface area contributed by atoms with Crippen LogP contribution in [0.3, 0.4) is 0 Å². The Bertz CT molecular complexity index is 695. The number of hydrogen-bond acceptors (Lipinski definition) is 6. The van der Waals surface area contributed by atoms with Crippen molar-refractivity contribution in [2.45, 2.75) is 71.3 Å². The van der Waals surface area contributed by atoms with E-state index in [0.717, 1.165) is 10.5 Å². The molecule has 1 saturated heterocycles. The first-order chi connectivity index (χ1) is 13.1. The number of carbonyl (C=O) groups is 3. The SMILES string of the molecule is CC(C)O[C@@H](CC(=O)OC(C)(C)C)C(=O)N1C(=O)OC[C@H]1Cc1ccccc1. The van der Waals surface area contributed by atoms with Gasteiger partial charge in [0.05, 0.1) is 18.6 Å². The maximum atomic E-state index is 13.1. The molecule has 0 unspecified atom stereocenters. The lowest BCUT2D eigenvalue weighted by Gasteiger charge is -2.27. The molecular weight excluding hydrogens is 362 g/mol. The first-order valence-electron chi connectivity index (χ1n) is 9.48. The number of ether oxygens (including phenoxy) is 3. The number of benzene rings is 1. The van der Waals surface area contributed by atoms with E-state index in [2.05, 4.69) is 0 Å². The van der Waals surface area contributed by atoms with E-state index >= 15 is 0 Å². The van der Waals surface area contributed by atoms with Crippen LogP contribution in [0.25, 0.3) is 0 Å². The number of hydrogen-bond donors (Lipinski definition) is 0. The van der Waals surface area contributed by atoms with E-state index < -0.39 is 35.7 Å². The summed E-state index contributed by atoms with van der Waals surface area (Å²) in [5.41, 5.74) is 0.308. The van der Waals surface area contributed by atoms with Gasteiger partial charge in [-0.1, -0.05) is 30.3 Å². The van der Waals surface area contributed by atoms with Gasteiger partial charge in [-0.25, -0.2) is 9.69 Å². The second-order valence-electron chi connectivity index (χ2n) is 8.09. The Kier molecular flexibility index (Phi) is 7.18. The maximum Gasteiger partial charge on any atom is 0.417 e. The molecule has 2 atom stereocenters. The van der Waals surface area contributed by atoms with E-state index in [4.69, 9.17) is 14.2 Å². The van der Waals surface area contributed by atoms with Crippen LogP contribution in [0.2, 0.25) is 0 Å². The van der Waals surface area contributed by atoms with Crippen molar-refractivity contribution in [2.24, 2.45) is 0 Å². The monoisotopic (exact) mass is 391 g/mol. The van der Waals surface area contributed by atoms with Crippen LogP contribution >= 0.6 is 0 Å². The zero-order chi connectivity index (χ0) is 20.9. The molecule has 1 fully saturated rings. The van der Waals surface area contributed by atoms with Crippen LogP contribution < -0.4 is 0 Å². The summed E-state index contributed by atoms with van der Waals surface area (Å²) in [5.74, 6) is -1.14. The molecule has 154 valence electrons. The van der Waals surface area contributed by atoms with Gasteiger partial charge < -0.3 is 14.2 Å². The van der Waals surface area contributed by atoms with E-state index in [0.29, 0.717) is 6.42 Å². The van der Waals surface area contributed by atoms with Crippen LogP contribution in [0.15, 0.2) is 30.3 Å². The summed E-state index contributed by atoms with van der Waals surface area (Å²) >= 11 is 0. The summed E-state index contributed by atoms with van der Waals surface area (Å²) in [7, 11) is 0. The number of cyclic esters (lactones) is 1. The van der Waals surface area contributed by atoms with Gasteiger partial charge in [-0.2, -0.15) is 0 Å². The molecule has 2 rings (SSSR count). The average molecular weight is 391 g/mol. The van der Waals surface area contributed by atoms with Crippen molar-refractivity contribution >= 4 is 18.0 Å². The Labute approximate surface area is 165 Å². The van der Waals surface area contributed by atoms with Crippen molar-refractivity contribution < 1.29 is 28.6 Å². The molecule has 0 aliphatic carbocycles. The molecule has 1 aromatic carbocycles. The van der Waals surface area contributed by atoms with E-state index in [-0.39, 0.29) is 19.1 Å². The highest BCUT2D eigenvalue weighted by molar-refractivity contribution is 5.97. The molecule has 0 saturated carbocycles. The van der Waals surface area contributed by atoms with Gasteiger partial charge in [0.1, 0.15) is 18.3 Å². The third kappa shape index (κ3) is 6.34. The van der Waals surface area contributed by atoms with Crippen molar-refractivity contribution in [2.75, 3.05) is 6.61 Å². The molecule has 0 aromatic heterocycles. The van der Waals surface area contributed by atoms with Crippen molar-refractivity contribution in [1.29, 1.82) is 0 Å². The predicted octanol–water partition coefficient (Wildman–Crippen LogP) is 3.10. The fourth-order valence-corrected chi connectivity index (χ4v) is 2.98. The van der Waals surface area contributed by atoms with Crippen LogP contribution in [0.5, 0.6) is 0 Å². The standard InChI is InChI=1S/C21H29NO6/c1-14(2)27-17(12-18(23)28-21(3,4)5)19(24)22-16(13-26-20(22)25)11-15-9-7-6-8-10-15/h6-10,14,16-17H,11-13H2,1-5H3/t16-,17+/m1/s1. The molecule has 7 heteroatoms. The average Bonchev–Trinajstić information content (AvgIpc) is 2.93. The highest BCUT2D eigenvalue weighted by Gasteiger charge is 2.42. The molecule has 1 aliphatic heterocycles. The smallest absolute Gasteiger partial charge is 0.417 e. The van der Waals surface area contributed by atoms with Gasteiger partial charge in [0.25, 0.3) is 5.91 Å². The normalized spacial score (nSPS) is 18.1. The van der Waals surface area contributed by atoms with Gasteiger partial charge in [-0.15, -0.1) is 0 Å². The van der Waals surface area contributed by atoms with Crippen LogP contribution in [0.4, 0.5) is 4.79 Å². The van der Waals surface area contributed by atoms with E-state index in [1.807, 2.05) is 30.3 Å². The Morgan fingerprint density at radius 3 is 2.43 bits per heavy atom. The largest absolute Gasteiger partial charge is 0.460 e. The topological polar surface area (TPSA) is 82.1 Å². The fourth-order valence-electron chi connectivity index (χ4n) is 2.98. The van der Waals surface area contributed by atoms with Gasteiger partial charge >= 0.3 is 12.1 Å². The minimum atomic E-state index is -1.11. The Balaban J connectivity index is 2.15. The van der Waals surface area contributed by atoms with Gasteiger partial charge in [0, 0.05) is 0 Å². The third-order valence-electron chi connectivity index (χ3n) is 4.00. The molecule has 1 aromatic rings. The minimum absolute atomic E-state index is 0.111. The van der Waals surface area contributed by atoms with Gasteiger partial charge in [0.15, 0.2) is 0 Å². The summed E-state index contributed by atoms with van der Waals surface area (Å²) in [6, 6.07) is 9.09. The molecule has 0 N–H and O–H groups in total. The second kappa shape index (κ2) is 9.19. The lowest BCUT2D eigenvalue weighted by molar-refractivity contribution is -0.164. The molecule has 0 spiro atoms. The fraction of sp³-hybridized carbons (Fsp3) is 0.571. The second-order valence-corrected chi connectivity index (χ2v) is 8.09. The molecule has 1 aliphatic rings. The first-order valence-corrected chi connectivity index (χ1v) is 9.48. The Morgan fingerprint density at radius 2 is 1.86 bits per heavy atom. The molecule has 2 amide bonds. The molecule has 28 heavy (non-hydrogen) atoms. The Hall–Kier alpha value is -2.41. The molecule has 7 nitrogen and oxygen atoms in total. The van der Waals surface area contributed by atoms with Crippen molar-refractivity contribution in [1.82, 2.24) is 4.90 Å². The zero-order valence-corrected chi connectivity index (χ0v) is 17.1. The van der Waals surface area contributed by atoms with Gasteiger partial charge in [0.2, 0.25) is 0 Å². The predicted molar refractivity (Wildman–Crippen MR) is 103 cm³/mol. The lowest BCUT2D eigenvalue weighted by Crippen LogP contribution is -2.48. The lowest BCUT2D eigenvalue weighted by atomic mass is 10.1. The molecule has 0 radical (unpaired) electrons. The minimum Gasteiger partial charge on any atom is -0.460 e. The van der Waals surface area contributed by atoms with Gasteiger partial charge in [-0.05, 0) is 46.6 Å². The number of imide groups is 1. The zero-order valence-electron chi connectivity index (χ0n) is 17.1. The Morgan fingerprint density at radius 1 is 1.21 bits per heavy atom. The highest BCUT2D eigenvalue weighted by Crippen LogP contribution is 2.21. The number of nitrogens with zero attached hydrogens (tertiary/aromatic N) is 1. The third-order valence-corrected chi connectivity index (χ3v) is 4.00. The summed E-state index contributed by atoms with van der Waals surface area (Å²) < 4.78 is 16.1. The van der Waals surface area contributed by atoms with E-state index in [9.17, 15) is 14.4 Å². The van der Waals surface area contributed by atoms with E-state index in [1.54, 1.807) is 34.6 Å². The number of esters is 1.